The molecule has 1 rings (SSSR count). The van der Waals surface area contributed by atoms with Crippen LogP contribution in [0, 0.1) is 0 Å². The van der Waals surface area contributed by atoms with E-state index in [1.165, 1.54) is 0 Å². The van der Waals surface area contributed by atoms with Crippen LogP contribution in [-0.4, -0.2) is 59.5 Å². The molecule has 1 aliphatic heterocycles. The molecule has 0 aliphatic carbocycles. The number of amides is 1. The lowest BCUT2D eigenvalue weighted by molar-refractivity contribution is -0.119. The molecule has 15 heavy (non-hydrogen) atoms. The largest absolute Gasteiger partial charge is 0.392 e. The van der Waals surface area contributed by atoms with Gasteiger partial charge in [-0.05, 0) is 6.92 Å². The number of thiocarbonyl (C=S) groups is 1. The summed E-state index contributed by atoms with van der Waals surface area (Å²) in [6.45, 7) is 5.80. The summed E-state index contributed by atoms with van der Waals surface area (Å²) in [4.78, 5) is 15.5. The molecule has 1 fully saturated rings. The number of carbonyl (C=O) groups excluding carboxylic acids is 1. The molecule has 0 saturated carbocycles. The standard InChI is InChI=1S/C9H18N4OS/c1-7(9(11)15)13-4-2-12(3-5-13)6-8(10)14/h7H,2-6H2,1H3,(H2,10,14)(H2,11,15). The van der Waals surface area contributed by atoms with Gasteiger partial charge in [0.2, 0.25) is 5.91 Å². The first-order valence-corrected chi connectivity index (χ1v) is 5.45. The number of carbonyl (C=O) groups is 1. The van der Waals surface area contributed by atoms with E-state index in [4.69, 9.17) is 23.7 Å². The van der Waals surface area contributed by atoms with E-state index in [0.717, 1.165) is 26.2 Å². The summed E-state index contributed by atoms with van der Waals surface area (Å²) < 4.78 is 0. The zero-order chi connectivity index (χ0) is 11.4. The third-order valence-corrected chi connectivity index (χ3v) is 3.09. The van der Waals surface area contributed by atoms with E-state index in [0.29, 0.717) is 11.5 Å². The van der Waals surface area contributed by atoms with Crippen LogP contribution in [0.3, 0.4) is 0 Å². The van der Waals surface area contributed by atoms with Crippen molar-refractivity contribution in [1.82, 2.24) is 9.80 Å². The maximum absolute atomic E-state index is 10.7. The van der Waals surface area contributed by atoms with Gasteiger partial charge in [-0.15, -0.1) is 0 Å². The van der Waals surface area contributed by atoms with E-state index >= 15 is 0 Å². The van der Waals surface area contributed by atoms with Gasteiger partial charge in [-0.1, -0.05) is 12.2 Å². The number of primary amides is 1. The fourth-order valence-electron chi connectivity index (χ4n) is 1.71. The summed E-state index contributed by atoms with van der Waals surface area (Å²) in [6.07, 6.45) is 0. The molecular weight excluding hydrogens is 212 g/mol. The van der Waals surface area contributed by atoms with Crippen molar-refractivity contribution in [1.29, 1.82) is 0 Å². The Hall–Kier alpha value is -0.720. The van der Waals surface area contributed by atoms with Crippen LogP contribution in [0.4, 0.5) is 0 Å². The third kappa shape index (κ3) is 3.73. The minimum absolute atomic E-state index is 0.135. The van der Waals surface area contributed by atoms with Crippen molar-refractivity contribution in [2.24, 2.45) is 11.5 Å². The summed E-state index contributed by atoms with van der Waals surface area (Å²) >= 11 is 4.95. The molecule has 1 saturated heterocycles. The Bertz CT molecular complexity index is 250. The van der Waals surface area contributed by atoms with Crippen LogP contribution in [0.25, 0.3) is 0 Å². The van der Waals surface area contributed by atoms with Crippen molar-refractivity contribution in [3.05, 3.63) is 0 Å². The summed E-state index contributed by atoms with van der Waals surface area (Å²) in [7, 11) is 0. The first kappa shape index (κ1) is 12.4. The van der Waals surface area contributed by atoms with Gasteiger partial charge in [0.15, 0.2) is 0 Å². The second-order valence-corrected chi connectivity index (χ2v) is 4.33. The molecule has 5 nitrogen and oxygen atoms in total. The zero-order valence-electron chi connectivity index (χ0n) is 8.98. The molecule has 0 aromatic rings. The molecule has 86 valence electrons. The van der Waals surface area contributed by atoms with E-state index < -0.39 is 0 Å². The predicted molar refractivity (Wildman–Crippen MR) is 63.5 cm³/mol. The van der Waals surface area contributed by atoms with Gasteiger partial charge in [0.25, 0.3) is 0 Å². The Balaban J connectivity index is 2.35. The Morgan fingerprint density at radius 3 is 2.27 bits per heavy atom. The number of nitrogens with zero attached hydrogens (tertiary/aromatic N) is 2. The summed E-state index contributed by atoms with van der Waals surface area (Å²) in [5, 5.41) is 0. The SMILES string of the molecule is CC(C(N)=S)N1CCN(CC(N)=O)CC1. The third-order valence-electron chi connectivity index (χ3n) is 2.75. The number of hydrogen-bond acceptors (Lipinski definition) is 4. The first-order chi connectivity index (χ1) is 7.00. The first-order valence-electron chi connectivity index (χ1n) is 5.04. The Labute approximate surface area is 95.4 Å². The van der Waals surface area contributed by atoms with Crippen LogP contribution in [0.1, 0.15) is 6.92 Å². The van der Waals surface area contributed by atoms with Gasteiger partial charge in [-0.25, -0.2) is 0 Å². The zero-order valence-corrected chi connectivity index (χ0v) is 9.80. The fourth-order valence-corrected chi connectivity index (χ4v) is 1.86. The number of piperazine rings is 1. The maximum atomic E-state index is 10.7. The van der Waals surface area contributed by atoms with Crippen molar-refractivity contribution in [2.75, 3.05) is 32.7 Å². The predicted octanol–water partition coefficient (Wildman–Crippen LogP) is -1.24. The van der Waals surface area contributed by atoms with Crippen LogP contribution < -0.4 is 11.5 Å². The second-order valence-electron chi connectivity index (χ2n) is 3.86. The minimum atomic E-state index is -0.272. The van der Waals surface area contributed by atoms with Crippen molar-refractivity contribution in [3.8, 4) is 0 Å². The molecule has 1 amide bonds. The van der Waals surface area contributed by atoms with E-state index in [1.807, 2.05) is 11.8 Å². The highest BCUT2D eigenvalue weighted by atomic mass is 32.1. The van der Waals surface area contributed by atoms with Crippen molar-refractivity contribution in [3.63, 3.8) is 0 Å². The number of rotatable bonds is 4. The van der Waals surface area contributed by atoms with Crippen LogP contribution in [-0.2, 0) is 4.79 Å². The van der Waals surface area contributed by atoms with Crippen molar-refractivity contribution >= 4 is 23.1 Å². The van der Waals surface area contributed by atoms with Gasteiger partial charge in [-0.3, -0.25) is 14.6 Å². The van der Waals surface area contributed by atoms with Crippen LogP contribution >= 0.6 is 12.2 Å². The van der Waals surface area contributed by atoms with E-state index in [1.54, 1.807) is 0 Å². The molecule has 1 heterocycles. The molecule has 0 aromatic carbocycles. The maximum Gasteiger partial charge on any atom is 0.231 e. The van der Waals surface area contributed by atoms with Gasteiger partial charge in [0.1, 0.15) is 0 Å². The summed E-state index contributed by atoms with van der Waals surface area (Å²) in [5.41, 5.74) is 10.7. The molecular formula is C9H18N4OS. The van der Waals surface area contributed by atoms with Gasteiger partial charge < -0.3 is 11.5 Å². The highest BCUT2D eigenvalue weighted by Crippen LogP contribution is 2.06. The van der Waals surface area contributed by atoms with Gasteiger partial charge in [0.05, 0.1) is 17.6 Å². The molecule has 0 aromatic heterocycles. The molecule has 6 heteroatoms. The molecule has 0 radical (unpaired) electrons. The van der Waals surface area contributed by atoms with Crippen molar-refractivity contribution in [2.45, 2.75) is 13.0 Å². The second kappa shape index (κ2) is 5.39. The fraction of sp³-hybridized carbons (Fsp3) is 0.778. The summed E-state index contributed by atoms with van der Waals surface area (Å²) in [6, 6.07) is 0.135. The van der Waals surface area contributed by atoms with E-state index in [2.05, 4.69) is 4.90 Å². The molecule has 1 atom stereocenters. The van der Waals surface area contributed by atoms with E-state index in [9.17, 15) is 4.79 Å². The van der Waals surface area contributed by atoms with Crippen LogP contribution in [0.5, 0.6) is 0 Å². The summed E-state index contributed by atoms with van der Waals surface area (Å²) in [5.74, 6) is -0.272. The quantitative estimate of drug-likeness (QED) is 0.591. The topological polar surface area (TPSA) is 75.6 Å². The molecule has 1 unspecified atom stereocenters. The van der Waals surface area contributed by atoms with E-state index in [-0.39, 0.29) is 11.9 Å². The van der Waals surface area contributed by atoms with Crippen LogP contribution in [0.15, 0.2) is 0 Å². The highest BCUT2D eigenvalue weighted by Gasteiger charge is 2.22. The Morgan fingerprint density at radius 1 is 1.33 bits per heavy atom. The minimum Gasteiger partial charge on any atom is -0.392 e. The monoisotopic (exact) mass is 230 g/mol. The van der Waals surface area contributed by atoms with Gasteiger partial charge in [-0.2, -0.15) is 0 Å². The molecule has 1 aliphatic rings. The lowest BCUT2D eigenvalue weighted by atomic mass is 10.2. The van der Waals surface area contributed by atoms with Gasteiger partial charge >= 0.3 is 0 Å². The molecule has 4 N–H and O–H groups in total. The highest BCUT2D eigenvalue weighted by molar-refractivity contribution is 7.80. The van der Waals surface area contributed by atoms with Crippen molar-refractivity contribution < 1.29 is 4.79 Å². The molecule has 0 spiro atoms. The normalized spacial score (nSPS) is 21.1. The molecule has 0 bridgehead atoms. The lowest BCUT2D eigenvalue weighted by Crippen LogP contribution is -2.53. The Kier molecular flexibility index (Phi) is 4.44. The average Bonchev–Trinajstić information content (AvgIpc) is 2.17. The van der Waals surface area contributed by atoms with Gasteiger partial charge in [0, 0.05) is 26.2 Å². The van der Waals surface area contributed by atoms with Crippen LogP contribution in [0.2, 0.25) is 0 Å². The number of nitrogens with two attached hydrogens (primary N) is 2. The lowest BCUT2D eigenvalue weighted by Gasteiger charge is -2.37. The average molecular weight is 230 g/mol. The smallest absolute Gasteiger partial charge is 0.231 e. The number of hydrogen-bond donors (Lipinski definition) is 2. The Morgan fingerprint density at radius 2 is 1.87 bits per heavy atom.